The van der Waals surface area contributed by atoms with E-state index in [1.54, 1.807) is 30.3 Å². The van der Waals surface area contributed by atoms with Gasteiger partial charge in [-0.15, -0.1) is 0 Å². The van der Waals surface area contributed by atoms with Gasteiger partial charge in [0.1, 0.15) is 0 Å². The summed E-state index contributed by atoms with van der Waals surface area (Å²) in [5.41, 5.74) is 0. The van der Waals surface area contributed by atoms with Gasteiger partial charge in [-0.05, 0) is 12.1 Å². The van der Waals surface area contributed by atoms with E-state index in [1.165, 1.54) is 0 Å². The molecule has 0 saturated heterocycles. The molecule has 1 rings (SSSR count). The molecule has 2 nitrogen and oxygen atoms in total. The van der Waals surface area contributed by atoms with Gasteiger partial charge in [-0.2, -0.15) is 13.2 Å². The lowest BCUT2D eigenvalue weighted by Crippen LogP contribution is -2.44. The fourth-order valence-corrected chi connectivity index (χ4v) is 2.96. The lowest BCUT2D eigenvalue weighted by Gasteiger charge is -2.30. The van der Waals surface area contributed by atoms with Crippen LogP contribution in [0.1, 0.15) is 6.92 Å². The first-order valence-corrected chi connectivity index (χ1v) is 6.56. The van der Waals surface area contributed by atoms with Crippen LogP contribution in [0.2, 0.25) is 0 Å². The molecule has 8 heteroatoms. The quantitative estimate of drug-likeness (QED) is 0.464. The second-order valence-electron chi connectivity index (χ2n) is 3.51. The number of thioether (sulfide) groups is 1. The number of alkyl halides is 5. The van der Waals surface area contributed by atoms with Crippen molar-refractivity contribution in [2.45, 2.75) is 27.8 Å². The van der Waals surface area contributed by atoms with Crippen molar-refractivity contribution in [1.82, 2.24) is 0 Å². The van der Waals surface area contributed by atoms with Crippen molar-refractivity contribution in [3.05, 3.63) is 30.3 Å². The van der Waals surface area contributed by atoms with Gasteiger partial charge in [0.2, 0.25) is 9.77 Å². The summed E-state index contributed by atoms with van der Waals surface area (Å²) in [7, 11) is 0. The Morgan fingerprint density at radius 1 is 1.26 bits per heavy atom. The summed E-state index contributed by atoms with van der Waals surface area (Å²) in [4.78, 5) is 11.2. The van der Waals surface area contributed by atoms with Crippen LogP contribution in [-0.4, -0.2) is 21.9 Å². The van der Waals surface area contributed by atoms with Crippen LogP contribution in [0.5, 0.6) is 0 Å². The fourth-order valence-electron chi connectivity index (χ4n) is 1.19. The highest BCUT2D eigenvalue weighted by atomic mass is 35.5. The van der Waals surface area contributed by atoms with Gasteiger partial charge in [0.05, 0.1) is 0 Å². The predicted octanol–water partition coefficient (Wildman–Crippen LogP) is 4.40. The standard InChI is InChI=1S/C11H9Cl2F3O2S/c1-7(17)18-9(11(14,15)16)10(12,13)19-8-5-3-2-4-6-8/h2-6,9H,1H3/t9-/m1/s1. The molecule has 0 aliphatic rings. The number of ether oxygens (including phenoxy) is 1. The zero-order valence-electron chi connectivity index (χ0n) is 9.58. The minimum absolute atomic E-state index is 0.425. The molecule has 0 fully saturated rings. The van der Waals surface area contributed by atoms with E-state index >= 15 is 0 Å². The van der Waals surface area contributed by atoms with E-state index in [4.69, 9.17) is 23.2 Å². The molecule has 106 valence electrons. The Bertz CT molecular complexity index is 437. The molecule has 1 atom stereocenters. The summed E-state index contributed by atoms with van der Waals surface area (Å²) in [6.07, 6.45) is -7.48. The lowest BCUT2D eigenvalue weighted by molar-refractivity contribution is -0.218. The summed E-state index contributed by atoms with van der Waals surface area (Å²) in [6.45, 7) is 0.857. The molecule has 1 aromatic rings. The Balaban J connectivity index is 2.96. The molecule has 0 radical (unpaired) electrons. The van der Waals surface area contributed by atoms with E-state index in [1.807, 2.05) is 0 Å². The van der Waals surface area contributed by atoms with Crippen LogP contribution >= 0.6 is 35.0 Å². The van der Waals surface area contributed by atoms with Gasteiger partial charge in [0.25, 0.3) is 0 Å². The van der Waals surface area contributed by atoms with Gasteiger partial charge in [-0.3, -0.25) is 4.79 Å². The third-order valence-corrected chi connectivity index (χ3v) is 3.74. The third-order valence-electron chi connectivity index (χ3n) is 1.88. The van der Waals surface area contributed by atoms with Crippen molar-refractivity contribution in [3.63, 3.8) is 0 Å². The van der Waals surface area contributed by atoms with Crippen LogP contribution in [0.25, 0.3) is 0 Å². The van der Waals surface area contributed by atoms with Crippen molar-refractivity contribution in [2.24, 2.45) is 0 Å². The molecule has 0 N–H and O–H groups in total. The largest absolute Gasteiger partial charge is 0.449 e. The number of esters is 1. The molecule has 0 unspecified atom stereocenters. The summed E-state index contributed by atoms with van der Waals surface area (Å²) in [6, 6.07) is 8.04. The monoisotopic (exact) mass is 332 g/mol. The Morgan fingerprint density at radius 2 is 1.79 bits per heavy atom. The summed E-state index contributed by atoms with van der Waals surface area (Å²) in [5.74, 6) is -1.11. The first-order valence-electron chi connectivity index (χ1n) is 4.99. The van der Waals surface area contributed by atoms with Crippen molar-refractivity contribution in [1.29, 1.82) is 0 Å². The van der Waals surface area contributed by atoms with Crippen LogP contribution in [0, 0.1) is 0 Å². The average Bonchev–Trinajstić information content (AvgIpc) is 2.25. The van der Waals surface area contributed by atoms with Gasteiger partial charge < -0.3 is 4.74 Å². The van der Waals surface area contributed by atoms with E-state index in [0.717, 1.165) is 6.92 Å². The van der Waals surface area contributed by atoms with E-state index in [0.29, 0.717) is 16.7 Å². The molecule has 0 amide bonds. The van der Waals surface area contributed by atoms with Gasteiger partial charge in [-0.25, -0.2) is 0 Å². The molecular weight excluding hydrogens is 324 g/mol. The minimum Gasteiger partial charge on any atom is -0.449 e. The lowest BCUT2D eigenvalue weighted by atomic mass is 10.4. The Morgan fingerprint density at radius 3 is 2.21 bits per heavy atom. The number of carbonyl (C=O) groups is 1. The second-order valence-corrected chi connectivity index (χ2v) is 6.66. The van der Waals surface area contributed by atoms with Crippen molar-refractivity contribution < 1.29 is 22.7 Å². The Labute approximate surface area is 122 Å². The van der Waals surface area contributed by atoms with Crippen LogP contribution < -0.4 is 0 Å². The van der Waals surface area contributed by atoms with Gasteiger partial charge in [0, 0.05) is 11.8 Å². The number of benzene rings is 1. The smallest absolute Gasteiger partial charge is 0.429 e. The molecule has 0 aliphatic heterocycles. The number of carbonyl (C=O) groups excluding carboxylic acids is 1. The number of hydrogen-bond acceptors (Lipinski definition) is 3. The van der Waals surface area contributed by atoms with Crippen LogP contribution in [0.4, 0.5) is 13.2 Å². The van der Waals surface area contributed by atoms with Crippen LogP contribution in [-0.2, 0) is 9.53 Å². The van der Waals surface area contributed by atoms with E-state index < -0.39 is 21.9 Å². The number of halogens is 5. The summed E-state index contributed by atoms with van der Waals surface area (Å²) < 4.78 is 40.3. The van der Waals surface area contributed by atoms with Gasteiger partial charge in [-0.1, -0.05) is 53.2 Å². The normalized spacial score (nSPS) is 14.0. The van der Waals surface area contributed by atoms with E-state index in [2.05, 4.69) is 4.74 Å². The SMILES string of the molecule is CC(=O)O[C@@H](C(F)(F)F)C(Cl)(Cl)Sc1ccccc1. The van der Waals surface area contributed by atoms with Crippen molar-refractivity contribution in [2.75, 3.05) is 0 Å². The molecule has 0 bridgehead atoms. The maximum atomic E-state index is 12.8. The van der Waals surface area contributed by atoms with Crippen molar-refractivity contribution in [3.8, 4) is 0 Å². The highest BCUT2D eigenvalue weighted by Crippen LogP contribution is 2.48. The molecule has 0 saturated carbocycles. The van der Waals surface area contributed by atoms with Crippen LogP contribution in [0.15, 0.2) is 35.2 Å². The first-order chi connectivity index (χ1) is 8.63. The summed E-state index contributed by atoms with van der Waals surface area (Å²) >= 11 is 11.9. The molecule has 0 aromatic heterocycles. The molecule has 0 aliphatic carbocycles. The van der Waals surface area contributed by atoms with Crippen molar-refractivity contribution >= 4 is 40.9 Å². The molecule has 0 heterocycles. The molecular formula is C11H9Cl2F3O2S. The molecule has 19 heavy (non-hydrogen) atoms. The highest BCUT2D eigenvalue weighted by Gasteiger charge is 2.56. The Kier molecular flexibility index (Phi) is 5.41. The maximum absolute atomic E-state index is 12.8. The predicted molar refractivity (Wildman–Crippen MR) is 68.3 cm³/mol. The third kappa shape index (κ3) is 5.12. The zero-order chi connectivity index (χ0) is 14.7. The average molecular weight is 333 g/mol. The second kappa shape index (κ2) is 6.24. The van der Waals surface area contributed by atoms with Gasteiger partial charge in [0.15, 0.2) is 0 Å². The van der Waals surface area contributed by atoms with E-state index in [-0.39, 0.29) is 0 Å². The highest BCUT2D eigenvalue weighted by molar-refractivity contribution is 8.03. The zero-order valence-corrected chi connectivity index (χ0v) is 11.9. The molecule has 0 spiro atoms. The Hall–Kier alpha value is -0.590. The maximum Gasteiger partial charge on any atom is 0.429 e. The number of rotatable bonds is 4. The minimum atomic E-state index is -4.86. The first kappa shape index (κ1) is 16.5. The molecule has 1 aromatic carbocycles. The van der Waals surface area contributed by atoms with Gasteiger partial charge >= 0.3 is 12.1 Å². The van der Waals surface area contributed by atoms with Crippen LogP contribution in [0.3, 0.4) is 0 Å². The van der Waals surface area contributed by atoms with E-state index in [9.17, 15) is 18.0 Å². The fraction of sp³-hybridized carbons (Fsp3) is 0.364. The number of hydrogen-bond donors (Lipinski definition) is 0. The summed E-state index contributed by atoms with van der Waals surface area (Å²) in [5, 5.41) is 0. The topological polar surface area (TPSA) is 26.3 Å².